The highest BCUT2D eigenvalue weighted by Gasteiger charge is 2.67. The minimum absolute atomic E-state index is 0.0698. The summed E-state index contributed by atoms with van der Waals surface area (Å²) >= 11 is 0. The number of ether oxygens (including phenoxy) is 2. The van der Waals surface area contributed by atoms with Crippen molar-refractivity contribution < 1.29 is 24.2 Å². The largest absolute Gasteiger partial charge is 0.387 e. The molecule has 0 radical (unpaired) electrons. The molecule has 1 N–H and O–H groups in total. The molecule has 5 nitrogen and oxygen atoms in total. The van der Waals surface area contributed by atoms with Crippen molar-refractivity contribution in [2.75, 3.05) is 0 Å². The number of carbonyl (C=O) groups excluding carboxylic acids is 2. The zero-order valence-corrected chi connectivity index (χ0v) is 29.3. The van der Waals surface area contributed by atoms with Gasteiger partial charge in [0.1, 0.15) is 11.4 Å². The molecule has 246 valence electrons. The Kier molecular flexibility index (Phi) is 12.0. The first-order chi connectivity index (χ1) is 20.9. The van der Waals surface area contributed by atoms with Crippen LogP contribution >= 0.6 is 0 Å². The van der Waals surface area contributed by atoms with Gasteiger partial charge in [0.05, 0.1) is 23.4 Å². The maximum Gasteiger partial charge on any atom is 0.161 e. The predicted octanol–water partition coefficient (Wildman–Crippen LogP) is 8.83. The molecule has 0 aromatic heterocycles. The van der Waals surface area contributed by atoms with E-state index in [1.807, 2.05) is 70.2 Å². The minimum atomic E-state index is -0.861. The Balaban J connectivity index is 1.49. The van der Waals surface area contributed by atoms with Crippen molar-refractivity contribution in [3.8, 4) is 0 Å². The highest BCUT2D eigenvalue weighted by molar-refractivity contribution is 5.95. The Morgan fingerprint density at radius 3 is 1.89 bits per heavy atom. The molecular weight excluding hydrogens is 560 g/mol. The van der Waals surface area contributed by atoms with Gasteiger partial charge in [-0.05, 0) is 78.9 Å². The van der Waals surface area contributed by atoms with E-state index in [0.29, 0.717) is 24.8 Å². The fourth-order valence-electron chi connectivity index (χ4n) is 7.12. The van der Waals surface area contributed by atoms with Crippen LogP contribution in [-0.4, -0.2) is 45.7 Å². The minimum Gasteiger partial charge on any atom is -0.387 e. The Hall–Kier alpha value is -2.86. The molecule has 0 saturated carbocycles. The summed E-state index contributed by atoms with van der Waals surface area (Å²) < 4.78 is 12.5. The van der Waals surface area contributed by atoms with Crippen LogP contribution in [0.5, 0.6) is 0 Å². The van der Waals surface area contributed by atoms with Crippen molar-refractivity contribution in [2.24, 2.45) is 11.3 Å². The zero-order chi connectivity index (χ0) is 33.6. The number of fused-ring (bicyclic) bond motifs is 2. The summed E-state index contributed by atoms with van der Waals surface area (Å²) in [4.78, 5) is 24.4. The fourth-order valence-corrected chi connectivity index (χ4v) is 7.12. The monoisotopic (exact) mass is 616 g/mol. The number of ketones is 2. The Bertz CT molecular complexity index is 1340. The van der Waals surface area contributed by atoms with Crippen LogP contribution < -0.4 is 0 Å². The van der Waals surface area contributed by atoms with E-state index < -0.39 is 16.8 Å². The smallest absolute Gasteiger partial charge is 0.161 e. The van der Waals surface area contributed by atoms with E-state index >= 15 is 0 Å². The zero-order valence-electron chi connectivity index (χ0n) is 29.3. The van der Waals surface area contributed by atoms with E-state index in [9.17, 15) is 14.7 Å². The van der Waals surface area contributed by atoms with Crippen LogP contribution in [0.1, 0.15) is 101 Å². The molecular formula is C40H56O5. The van der Waals surface area contributed by atoms with Crippen LogP contribution in [0.25, 0.3) is 0 Å². The molecule has 3 saturated heterocycles. The molecule has 0 spiro atoms. The Labute approximate surface area is 272 Å². The van der Waals surface area contributed by atoms with Crippen molar-refractivity contribution in [1.29, 1.82) is 0 Å². The SMILES string of the molecule is CC(=O)CC1CC(C)C(C)(CC(=O)C(C)=CC=CC(C)=CC=CC=C(C)C=CC=C(C)C=CC23OC(CC2(C)C)CC3(C)O)O1. The fraction of sp³-hybridized carbons (Fsp3) is 0.550. The van der Waals surface area contributed by atoms with Gasteiger partial charge < -0.3 is 14.6 Å². The molecule has 3 aliphatic rings. The quantitative estimate of drug-likeness (QED) is 0.165. The number of hydrogen-bond acceptors (Lipinski definition) is 5. The van der Waals surface area contributed by atoms with E-state index in [-0.39, 0.29) is 35.1 Å². The summed E-state index contributed by atoms with van der Waals surface area (Å²) in [6, 6.07) is 0. The normalized spacial score (nSPS) is 34.4. The molecule has 0 amide bonds. The Morgan fingerprint density at radius 2 is 1.33 bits per heavy atom. The second-order valence-electron chi connectivity index (χ2n) is 14.8. The summed E-state index contributed by atoms with van der Waals surface area (Å²) in [6.07, 6.45) is 27.4. The van der Waals surface area contributed by atoms with Gasteiger partial charge in [-0.2, -0.15) is 0 Å². The second-order valence-corrected chi connectivity index (χ2v) is 14.8. The number of aliphatic hydroxyl groups is 1. The van der Waals surface area contributed by atoms with Crippen LogP contribution in [-0.2, 0) is 19.1 Å². The van der Waals surface area contributed by atoms with Crippen molar-refractivity contribution >= 4 is 11.6 Å². The molecule has 5 heteroatoms. The summed E-state index contributed by atoms with van der Waals surface area (Å²) in [5.74, 6) is 0.414. The third-order valence-corrected chi connectivity index (χ3v) is 9.92. The molecule has 6 unspecified atom stereocenters. The molecule has 45 heavy (non-hydrogen) atoms. The van der Waals surface area contributed by atoms with E-state index in [1.165, 1.54) is 0 Å². The molecule has 6 atom stereocenters. The van der Waals surface area contributed by atoms with Gasteiger partial charge in [-0.25, -0.2) is 0 Å². The van der Waals surface area contributed by atoms with E-state index in [2.05, 4.69) is 65.0 Å². The average Bonchev–Trinajstić information content (AvgIpc) is 3.45. The predicted molar refractivity (Wildman–Crippen MR) is 185 cm³/mol. The molecule has 3 aliphatic heterocycles. The van der Waals surface area contributed by atoms with Gasteiger partial charge in [-0.15, -0.1) is 0 Å². The summed E-state index contributed by atoms with van der Waals surface area (Å²) in [6.45, 7) is 19.9. The summed E-state index contributed by atoms with van der Waals surface area (Å²) in [5.41, 5.74) is 1.83. The number of Topliss-reactive ketones (excluding diaryl/α,β-unsaturated/α-hetero) is 2. The first kappa shape index (κ1) is 36.6. The standard InChI is InChI=1S/C40H56O5/c1-28(17-13-18-30(3)21-22-40-37(7,8)25-35(45-40)26-39(40,10)43)15-11-12-16-29(2)19-14-20-31(4)36(42)27-38(9)32(5)23-34(44-38)24-33(6)41/h11-22,32,34-35,43H,23-27H2,1-10H3. The molecule has 0 aromatic rings. The first-order valence-corrected chi connectivity index (χ1v) is 16.4. The molecule has 3 rings (SSSR count). The average molecular weight is 617 g/mol. The lowest BCUT2D eigenvalue weighted by Gasteiger charge is -2.46. The molecule has 3 heterocycles. The van der Waals surface area contributed by atoms with Gasteiger partial charge in [0.25, 0.3) is 0 Å². The Morgan fingerprint density at radius 1 is 0.778 bits per heavy atom. The van der Waals surface area contributed by atoms with Crippen LogP contribution in [0.3, 0.4) is 0 Å². The van der Waals surface area contributed by atoms with Gasteiger partial charge in [0.15, 0.2) is 5.78 Å². The van der Waals surface area contributed by atoms with E-state index in [1.54, 1.807) is 6.92 Å². The van der Waals surface area contributed by atoms with E-state index in [0.717, 1.165) is 29.6 Å². The van der Waals surface area contributed by atoms with Crippen LogP contribution in [0, 0.1) is 11.3 Å². The second kappa shape index (κ2) is 14.7. The number of rotatable bonds is 13. The third kappa shape index (κ3) is 9.12. The van der Waals surface area contributed by atoms with Crippen LogP contribution in [0.15, 0.2) is 95.2 Å². The van der Waals surface area contributed by atoms with Crippen molar-refractivity contribution in [3.05, 3.63) is 95.2 Å². The van der Waals surface area contributed by atoms with Crippen LogP contribution in [0.4, 0.5) is 0 Å². The van der Waals surface area contributed by atoms with Gasteiger partial charge in [0.2, 0.25) is 0 Å². The highest BCUT2D eigenvalue weighted by Crippen LogP contribution is 2.60. The molecule has 0 aliphatic carbocycles. The van der Waals surface area contributed by atoms with Gasteiger partial charge in [0, 0.05) is 24.7 Å². The van der Waals surface area contributed by atoms with Crippen LogP contribution in [0.2, 0.25) is 0 Å². The lowest BCUT2D eigenvalue weighted by molar-refractivity contribution is -0.126. The number of allylic oxidation sites excluding steroid dienone is 15. The summed E-state index contributed by atoms with van der Waals surface area (Å²) in [7, 11) is 0. The lowest BCUT2D eigenvalue weighted by Crippen LogP contribution is -2.56. The maximum atomic E-state index is 12.9. The van der Waals surface area contributed by atoms with E-state index in [4.69, 9.17) is 9.47 Å². The molecule has 0 aromatic carbocycles. The first-order valence-electron chi connectivity index (χ1n) is 16.4. The lowest BCUT2D eigenvalue weighted by atomic mass is 9.61. The van der Waals surface area contributed by atoms with Gasteiger partial charge >= 0.3 is 0 Å². The number of hydrogen-bond donors (Lipinski definition) is 1. The third-order valence-electron chi connectivity index (χ3n) is 9.92. The van der Waals surface area contributed by atoms with Gasteiger partial charge in [-0.1, -0.05) is 104 Å². The number of carbonyl (C=O) groups is 2. The highest BCUT2D eigenvalue weighted by atomic mass is 16.5. The topological polar surface area (TPSA) is 72.8 Å². The molecule has 2 bridgehead atoms. The van der Waals surface area contributed by atoms with Gasteiger partial charge in [-0.3, -0.25) is 9.59 Å². The summed E-state index contributed by atoms with van der Waals surface area (Å²) in [5, 5.41) is 11.1. The van der Waals surface area contributed by atoms with Crippen molar-refractivity contribution in [2.45, 2.75) is 130 Å². The molecule has 3 fully saturated rings. The van der Waals surface area contributed by atoms with Crippen molar-refractivity contribution in [3.63, 3.8) is 0 Å². The van der Waals surface area contributed by atoms with Crippen molar-refractivity contribution in [1.82, 2.24) is 0 Å². The maximum absolute atomic E-state index is 12.9.